The summed E-state index contributed by atoms with van der Waals surface area (Å²) in [6.45, 7) is 1.46. The molecule has 0 radical (unpaired) electrons. The van der Waals surface area contributed by atoms with Gasteiger partial charge in [-0.2, -0.15) is 11.8 Å². The van der Waals surface area contributed by atoms with Crippen molar-refractivity contribution in [3.05, 3.63) is 35.4 Å². The van der Waals surface area contributed by atoms with Gasteiger partial charge < -0.3 is 15.7 Å². The second-order valence-electron chi connectivity index (χ2n) is 6.27. The number of halogens is 1. The van der Waals surface area contributed by atoms with Gasteiger partial charge in [-0.15, -0.1) is 24.0 Å². The summed E-state index contributed by atoms with van der Waals surface area (Å²) in [6.07, 6.45) is 3.23. The molecule has 0 bridgehead atoms. The van der Waals surface area contributed by atoms with Gasteiger partial charge in [0, 0.05) is 31.8 Å². The van der Waals surface area contributed by atoms with Gasteiger partial charge in [0.1, 0.15) is 0 Å². The molecule has 0 amide bonds. The first-order valence-corrected chi connectivity index (χ1v) is 9.18. The zero-order valence-electron chi connectivity index (χ0n) is 13.5. The Balaban J connectivity index is 0.00000192. The van der Waals surface area contributed by atoms with Crippen molar-refractivity contribution in [1.82, 2.24) is 10.6 Å². The van der Waals surface area contributed by atoms with Crippen molar-refractivity contribution in [1.29, 1.82) is 0 Å². The fourth-order valence-corrected chi connectivity index (χ4v) is 4.58. The third-order valence-corrected chi connectivity index (χ3v) is 5.90. The average molecular weight is 447 g/mol. The fourth-order valence-electron chi connectivity index (χ4n) is 3.28. The first kappa shape index (κ1) is 18.9. The van der Waals surface area contributed by atoms with Crippen LogP contribution in [-0.4, -0.2) is 48.3 Å². The van der Waals surface area contributed by atoms with Crippen LogP contribution in [0.1, 0.15) is 29.9 Å². The Morgan fingerprint density at radius 3 is 2.96 bits per heavy atom. The molecule has 23 heavy (non-hydrogen) atoms. The summed E-state index contributed by atoms with van der Waals surface area (Å²) in [5, 5.41) is 17.1. The summed E-state index contributed by atoms with van der Waals surface area (Å²) in [6, 6.07) is 8.71. The van der Waals surface area contributed by atoms with Crippen LogP contribution in [0.3, 0.4) is 0 Å². The maximum absolute atomic E-state index is 10.4. The van der Waals surface area contributed by atoms with Gasteiger partial charge in [0.15, 0.2) is 5.96 Å². The average Bonchev–Trinajstić information content (AvgIpc) is 3.15. The molecule has 1 saturated heterocycles. The van der Waals surface area contributed by atoms with Crippen LogP contribution in [-0.2, 0) is 6.42 Å². The summed E-state index contributed by atoms with van der Waals surface area (Å²) in [5.74, 6) is 3.20. The minimum Gasteiger partial charge on any atom is -0.387 e. The molecule has 2 atom stereocenters. The predicted octanol–water partition coefficient (Wildman–Crippen LogP) is 2.37. The Kier molecular flexibility index (Phi) is 7.03. The van der Waals surface area contributed by atoms with Gasteiger partial charge in [-0.25, -0.2) is 0 Å². The molecule has 4 nitrogen and oxygen atoms in total. The molecule has 1 aromatic rings. The molecule has 1 heterocycles. The van der Waals surface area contributed by atoms with Crippen molar-refractivity contribution in [3.8, 4) is 0 Å². The lowest BCUT2D eigenvalue weighted by atomic mass is 10.0. The van der Waals surface area contributed by atoms with Crippen LogP contribution in [0.5, 0.6) is 0 Å². The largest absolute Gasteiger partial charge is 0.387 e. The van der Waals surface area contributed by atoms with E-state index in [1.54, 1.807) is 7.05 Å². The second kappa shape index (κ2) is 8.58. The number of hydrogen-bond donors (Lipinski definition) is 3. The molecule has 0 aromatic heterocycles. The number of nitrogens with one attached hydrogen (secondary N) is 2. The van der Waals surface area contributed by atoms with E-state index in [9.17, 15) is 5.11 Å². The molecular formula is C17H26IN3OS. The maximum atomic E-state index is 10.4. The Labute approximate surface area is 159 Å². The first-order valence-electron chi connectivity index (χ1n) is 8.03. The van der Waals surface area contributed by atoms with Crippen molar-refractivity contribution in [2.75, 3.05) is 31.6 Å². The van der Waals surface area contributed by atoms with Gasteiger partial charge in [-0.1, -0.05) is 24.3 Å². The number of aliphatic imine (C=N–C) groups is 1. The van der Waals surface area contributed by atoms with Crippen LogP contribution >= 0.6 is 35.7 Å². The normalized spacial score (nSPS) is 26.5. The highest BCUT2D eigenvalue weighted by Gasteiger charge is 2.31. The van der Waals surface area contributed by atoms with E-state index in [2.05, 4.69) is 39.9 Å². The first-order chi connectivity index (χ1) is 10.7. The summed E-state index contributed by atoms with van der Waals surface area (Å²) in [5.41, 5.74) is 2.37. The van der Waals surface area contributed by atoms with E-state index in [0.29, 0.717) is 12.5 Å². The fraction of sp³-hybridized carbons (Fsp3) is 0.588. The molecule has 128 valence electrons. The smallest absolute Gasteiger partial charge is 0.191 e. The van der Waals surface area contributed by atoms with E-state index in [0.717, 1.165) is 30.4 Å². The van der Waals surface area contributed by atoms with Gasteiger partial charge in [0.2, 0.25) is 0 Å². The number of thioether (sulfide) groups is 1. The van der Waals surface area contributed by atoms with Crippen molar-refractivity contribution in [3.63, 3.8) is 0 Å². The molecule has 1 aliphatic carbocycles. The van der Waals surface area contributed by atoms with Crippen LogP contribution in [0.25, 0.3) is 0 Å². The van der Waals surface area contributed by atoms with Crippen molar-refractivity contribution >= 4 is 41.7 Å². The van der Waals surface area contributed by atoms with E-state index >= 15 is 0 Å². The molecule has 2 unspecified atom stereocenters. The van der Waals surface area contributed by atoms with E-state index < -0.39 is 5.60 Å². The molecule has 3 N–H and O–H groups in total. The van der Waals surface area contributed by atoms with E-state index in [-0.39, 0.29) is 24.0 Å². The van der Waals surface area contributed by atoms with Crippen LogP contribution in [0, 0.1) is 0 Å². The molecule has 3 rings (SSSR count). The Morgan fingerprint density at radius 2 is 2.22 bits per heavy atom. The molecule has 0 saturated carbocycles. The minimum atomic E-state index is -0.581. The molecule has 6 heteroatoms. The summed E-state index contributed by atoms with van der Waals surface area (Å²) in [7, 11) is 1.78. The van der Waals surface area contributed by atoms with Gasteiger partial charge in [-0.3, -0.25) is 4.99 Å². The highest BCUT2D eigenvalue weighted by molar-refractivity contribution is 14.0. The summed E-state index contributed by atoms with van der Waals surface area (Å²) >= 11 is 1.82. The van der Waals surface area contributed by atoms with E-state index in [1.807, 2.05) is 11.8 Å². The second-order valence-corrected chi connectivity index (χ2v) is 7.37. The van der Waals surface area contributed by atoms with Gasteiger partial charge in [-0.05, 0) is 36.1 Å². The zero-order chi connectivity index (χ0) is 15.4. The van der Waals surface area contributed by atoms with Crippen molar-refractivity contribution in [2.45, 2.75) is 30.8 Å². The van der Waals surface area contributed by atoms with Crippen LogP contribution in [0.2, 0.25) is 0 Å². The lowest BCUT2D eigenvalue weighted by Crippen LogP contribution is -2.47. The SMILES string of the molecule is CN=C(NCC1CCc2ccccc21)NCC1(O)CCSC1.I. The number of fused-ring (bicyclic) bond motifs is 1. The van der Waals surface area contributed by atoms with Gasteiger partial charge in [0.25, 0.3) is 0 Å². The number of benzene rings is 1. The lowest BCUT2D eigenvalue weighted by molar-refractivity contribution is 0.0724. The van der Waals surface area contributed by atoms with Crippen molar-refractivity contribution in [2.24, 2.45) is 4.99 Å². The quantitative estimate of drug-likeness (QED) is 0.377. The molecule has 1 aliphatic heterocycles. The summed E-state index contributed by atoms with van der Waals surface area (Å²) in [4.78, 5) is 4.27. The van der Waals surface area contributed by atoms with Crippen LogP contribution in [0.4, 0.5) is 0 Å². The van der Waals surface area contributed by atoms with Crippen molar-refractivity contribution < 1.29 is 5.11 Å². The third kappa shape index (κ3) is 4.76. The molecule has 2 aliphatic rings. The van der Waals surface area contributed by atoms with Crippen LogP contribution in [0.15, 0.2) is 29.3 Å². The zero-order valence-corrected chi connectivity index (χ0v) is 16.7. The van der Waals surface area contributed by atoms with Crippen LogP contribution < -0.4 is 10.6 Å². The number of aliphatic hydroxyl groups is 1. The minimum absolute atomic E-state index is 0. The van der Waals surface area contributed by atoms with Gasteiger partial charge >= 0.3 is 0 Å². The Morgan fingerprint density at radius 1 is 1.39 bits per heavy atom. The molecule has 0 spiro atoms. The number of rotatable bonds is 4. The molecule has 1 fully saturated rings. The third-order valence-electron chi connectivity index (χ3n) is 4.66. The number of nitrogens with zero attached hydrogens (tertiary/aromatic N) is 1. The Bertz CT molecular complexity index is 546. The predicted molar refractivity (Wildman–Crippen MR) is 109 cm³/mol. The standard InChI is InChI=1S/C17H25N3OS.HI/c1-18-16(20-11-17(21)8-9-22-12-17)19-10-14-7-6-13-4-2-3-5-15(13)14;/h2-5,14,21H,6-12H2,1H3,(H2,18,19,20);1H. The highest BCUT2D eigenvalue weighted by Crippen LogP contribution is 2.32. The van der Waals surface area contributed by atoms with Gasteiger partial charge in [0.05, 0.1) is 5.60 Å². The highest BCUT2D eigenvalue weighted by atomic mass is 127. The molecular weight excluding hydrogens is 421 g/mol. The Hall–Kier alpha value is -0.470. The number of hydrogen-bond acceptors (Lipinski definition) is 3. The maximum Gasteiger partial charge on any atom is 0.191 e. The topological polar surface area (TPSA) is 56.7 Å². The summed E-state index contributed by atoms with van der Waals surface area (Å²) < 4.78 is 0. The van der Waals surface area contributed by atoms with E-state index in [1.165, 1.54) is 24.0 Å². The monoisotopic (exact) mass is 447 g/mol. The number of guanidine groups is 1. The molecule has 1 aromatic carbocycles. The lowest BCUT2D eigenvalue weighted by Gasteiger charge is -2.23. The van der Waals surface area contributed by atoms with E-state index in [4.69, 9.17) is 0 Å². The number of aryl methyl sites for hydroxylation is 1.